The number of nitrogens with one attached hydrogen (secondary N) is 1. The van der Waals surface area contributed by atoms with E-state index < -0.39 is 10.0 Å². The Bertz CT molecular complexity index is 1240. The monoisotopic (exact) mass is 484 g/mol. The van der Waals surface area contributed by atoms with Crippen LogP contribution < -0.4 is 23.8 Å². The molecule has 3 aromatic carbocycles. The highest BCUT2D eigenvalue weighted by Crippen LogP contribution is 2.25. The summed E-state index contributed by atoms with van der Waals surface area (Å²) in [4.78, 5) is 14.1. The molecule has 0 aliphatic carbocycles. The third-order valence-corrected chi connectivity index (χ3v) is 6.42. The number of nitrogens with zero attached hydrogens (tertiary/aromatic N) is 1. The molecular weight excluding hydrogens is 456 g/mol. The van der Waals surface area contributed by atoms with Crippen molar-refractivity contribution >= 4 is 27.3 Å². The molecule has 0 saturated carbocycles. The van der Waals surface area contributed by atoms with Gasteiger partial charge in [-0.05, 0) is 74.0 Å². The van der Waals surface area contributed by atoms with Crippen molar-refractivity contribution in [2.45, 2.75) is 18.7 Å². The Labute approximate surface area is 200 Å². The Morgan fingerprint density at radius 3 is 2.35 bits per heavy atom. The van der Waals surface area contributed by atoms with Gasteiger partial charge in [0.1, 0.15) is 17.2 Å². The fourth-order valence-electron chi connectivity index (χ4n) is 3.15. The molecule has 34 heavy (non-hydrogen) atoms. The lowest BCUT2D eigenvalue weighted by molar-refractivity contribution is -0.120. The van der Waals surface area contributed by atoms with E-state index in [2.05, 4.69) is 4.72 Å². The van der Waals surface area contributed by atoms with Crippen LogP contribution in [-0.4, -0.2) is 41.7 Å². The van der Waals surface area contributed by atoms with Gasteiger partial charge in [-0.1, -0.05) is 6.07 Å². The van der Waals surface area contributed by atoms with Crippen LogP contribution in [0.15, 0.2) is 71.6 Å². The van der Waals surface area contributed by atoms with E-state index >= 15 is 0 Å². The second-order valence-electron chi connectivity index (χ2n) is 7.43. The Balaban J connectivity index is 1.65. The van der Waals surface area contributed by atoms with Gasteiger partial charge in [0.25, 0.3) is 15.9 Å². The maximum atomic E-state index is 12.8. The van der Waals surface area contributed by atoms with E-state index in [-0.39, 0.29) is 17.4 Å². The minimum Gasteiger partial charge on any atom is -0.497 e. The lowest BCUT2D eigenvalue weighted by atomic mass is 10.2. The van der Waals surface area contributed by atoms with Crippen molar-refractivity contribution in [3.8, 4) is 17.2 Å². The predicted octanol–water partition coefficient (Wildman–Crippen LogP) is 4.24. The third kappa shape index (κ3) is 6.20. The molecule has 0 radical (unpaired) electrons. The van der Waals surface area contributed by atoms with E-state index in [1.807, 2.05) is 6.92 Å². The normalized spacial score (nSPS) is 10.9. The topological polar surface area (TPSA) is 94.2 Å². The number of hydrogen-bond acceptors (Lipinski definition) is 6. The van der Waals surface area contributed by atoms with Crippen molar-refractivity contribution in [2.75, 3.05) is 37.0 Å². The summed E-state index contributed by atoms with van der Waals surface area (Å²) in [5.74, 6) is 1.47. The first-order valence-corrected chi connectivity index (χ1v) is 12.1. The van der Waals surface area contributed by atoms with Gasteiger partial charge >= 0.3 is 0 Å². The van der Waals surface area contributed by atoms with Crippen LogP contribution in [0.1, 0.15) is 12.5 Å². The van der Waals surface area contributed by atoms with Crippen LogP contribution in [0.25, 0.3) is 0 Å². The molecule has 0 saturated heterocycles. The maximum Gasteiger partial charge on any atom is 0.264 e. The summed E-state index contributed by atoms with van der Waals surface area (Å²) in [5, 5.41) is 0. The number of anilines is 2. The van der Waals surface area contributed by atoms with E-state index in [1.165, 1.54) is 17.0 Å². The second-order valence-corrected chi connectivity index (χ2v) is 9.12. The van der Waals surface area contributed by atoms with Crippen LogP contribution >= 0.6 is 0 Å². The smallest absolute Gasteiger partial charge is 0.264 e. The zero-order valence-corrected chi connectivity index (χ0v) is 20.4. The van der Waals surface area contributed by atoms with Crippen molar-refractivity contribution in [2.24, 2.45) is 0 Å². The highest BCUT2D eigenvalue weighted by molar-refractivity contribution is 7.92. The largest absolute Gasteiger partial charge is 0.497 e. The number of rotatable bonds is 10. The van der Waals surface area contributed by atoms with Crippen LogP contribution in [0.2, 0.25) is 0 Å². The van der Waals surface area contributed by atoms with Gasteiger partial charge in [0.05, 0.1) is 18.6 Å². The van der Waals surface area contributed by atoms with Gasteiger partial charge < -0.3 is 19.1 Å². The number of carbonyl (C=O) groups excluding carboxylic acids is 1. The molecule has 0 aliphatic heterocycles. The Hall–Kier alpha value is -3.72. The Morgan fingerprint density at radius 1 is 0.971 bits per heavy atom. The average Bonchev–Trinajstić information content (AvgIpc) is 2.83. The van der Waals surface area contributed by atoms with Gasteiger partial charge in [0.2, 0.25) is 0 Å². The van der Waals surface area contributed by atoms with E-state index in [9.17, 15) is 13.2 Å². The first-order valence-electron chi connectivity index (χ1n) is 10.6. The Morgan fingerprint density at radius 2 is 1.71 bits per heavy atom. The molecule has 0 spiro atoms. The first-order chi connectivity index (χ1) is 16.2. The molecule has 0 bridgehead atoms. The molecule has 0 heterocycles. The standard InChI is InChI=1S/C25H28N2O6S/c1-5-32-21-11-9-19(10-12-21)26-34(29,30)23-13-14-24(18(2)15-23)33-17-25(28)27(3)20-7-6-8-22(16-20)31-4/h6-16,26H,5,17H2,1-4H3. The van der Waals surface area contributed by atoms with Crippen LogP contribution in [0, 0.1) is 6.92 Å². The summed E-state index contributed by atoms with van der Waals surface area (Å²) < 4.78 is 44.4. The molecule has 9 heteroatoms. The van der Waals surface area contributed by atoms with Gasteiger partial charge in [-0.15, -0.1) is 0 Å². The van der Waals surface area contributed by atoms with Gasteiger partial charge in [-0.3, -0.25) is 9.52 Å². The number of hydrogen-bond donors (Lipinski definition) is 1. The minimum absolute atomic E-state index is 0.0889. The third-order valence-electron chi connectivity index (χ3n) is 5.04. The second kappa shape index (κ2) is 10.9. The molecule has 0 unspecified atom stereocenters. The fourth-order valence-corrected chi connectivity index (χ4v) is 4.29. The highest BCUT2D eigenvalue weighted by Gasteiger charge is 2.17. The van der Waals surface area contributed by atoms with E-state index in [0.29, 0.717) is 40.8 Å². The highest BCUT2D eigenvalue weighted by atomic mass is 32.2. The summed E-state index contributed by atoms with van der Waals surface area (Å²) in [6, 6.07) is 18.3. The number of amides is 1. The summed E-state index contributed by atoms with van der Waals surface area (Å²) in [6.07, 6.45) is 0. The van der Waals surface area contributed by atoms with E-state index in [0.717, 1.165) is 0 Å². The number of likely N-dealkylation sites (N-methyl/N-ethyl adjacent to an activating group) is 1. The lowest BCUT2D eigenvalue weighted by Crippen LogP contribution is -2.31. The molecule has 0 fully saturated rings. The molecular formula is C25H28N2O6S. The SMILES string of the molecule is CCOc1ccc(NS(=O)(=O)c2ccc(OCC(=O)N(C)c3cccc(OC)c3)c(C)c2)cc1. The molecule has 8 nitrogen and oxygen atoms in total. The first kappa shape index (κ1) is 24.9. The van der Waals surface area contributed by atoms with Crippen molar-refractivity contribution in [3.63, 3.8) is 0 Å². The maximum absolute atomic E-state index is 12.8. The Kier molecular flexibility index (Phi) is 8.01. The number of carbonyl (C=O) groups is 1. The molecule has 3 rings (SSSR count). The van der Waals surface area contributed by atoms with Gasteiger partial charge in [-0.2, -0.15) is 0 Å². The molecule has 0 aromatic heterocycles. The van der Waals surface area contributed by atoms with Crippen molar-refractivity contribution in [1.82, 2.24) is 0 Å². The number of benzene rings is 3. The molecule has 0 aliphatic rings. The lowest BCUT2D eigenvalue weighted by Gasteiger charge is -2.19. The summed E-state index contributed by atoms with van der Waals surface area (Å²) in [5.41, 5.74) is 1.69. The molecule has 0 atom stereocenters. The molecule has 3 aromatic rings. The van der Waals surface area contributed by atoms with Crippen molar-refractivity contribution in [3.05, 3.63) is 72.3 Å². The summed E-state index contributed by atoms with van der Waals surface area (Å²) in [6.45, 7) is 3.93. The molecule has 180 valence electrons. The van der Waals surface area contributed by atoms with Gasteiger partial charge in [-0.25, -0.2) is 8.42 Å². The van der Waals surface area contributed by atoms with Crippen LogP contribution in [0.5, 0.6) is 17.2 Å². The minimum atomic E-state index is -3.80. The number of methoxy groups -OCH3 is 1. The number of sulfonamides is 1. The van der Waals surface area contributed by atoms with Crippen molar-refractivity contribution in [1.29, 1.82) is 0 Å². The van der Waals surface area contributed by atoms with E-state index in [4.69, 9.17) is 14.2 Å². The van der Waals surface area contributed by atoms with Crippen LogP contribution in [-0.2, 0) is 14.8 Å². The van der Waals surface area contributed by atoms with Gasteiger partial charge in [0.15, 0.2) is 6.61 Å². The predicted molar refractivity (Wildman–Crippen MR) is 131 cm³/mol. The van der Waals surface area contributed by atoms with Crippen molar-refractivity contribution < 1.29 is 27.4 Å². The molecule has 1 amide bonds. The van der Waals surface area contributed by atoms with Gasteiger partial charge in [0, 0.05) is 24.5 Å². The fraction of sp³-hybridized carbons (Fsp3) is 0.240. The molecule has 1 N–H and O–H groups in total. The van der Waals surface area contributed by atoms with Crippen LogP contribution in [0.4, 0.5) is 11.4 Å². The number of ether oxygens (including phenoxy) is 3. The average molecular weight is 485 g/mol. The zero-order chi connectivity index (χ0) is 24.7. The van der Waals surface area contributed by atoms with E-state index in [1.54, 1.807) is 75.7 Å². The number of aryl methyl sites for hydroxylation is 1. The van der Waals surface area contributed by atoms with Crippen LogP contribution in [0.3, 0.4) is 0 Å². The summed E-state index contributed by atoms with van der Waals surface area (Å²) >= 11 is 0. The summed E-state index contributed by atoms with van der Waals surface area (Å²) in [7, 11) is -0.590. The quantitative estimate of drug-likeness (QED) is 0.463. The zero-order valence-electron chi connectivity index (χ0n) is 19.6.